The van der Waals surface area contributed by atoms with Gasteiger partial charge in [-0.05, 0) is 48.9 Å². The molecule has 2 aromatic rings. The van der Waals surface area contributed by atoms with E-state index in [4.69, 9.17) is 22.8 Å². The van der Waals surface area contributed by atoms with Gasteiger partial charge in [-0.25, -0.2) is 0 Å². The highest BCUT2D eigenvalue weighted by molar-refractivity contribution is 6.31. The summed E-state index contributed by atoms with van der Waals surface area (Å²) >= 11 is 6.03. The number of terminal acetylenes is 1. The van der Waals surface area contributed by atoms with E-state index in [9.17, 15) is 4.79 Å². The molecule has 0 heterocycles. The fourth-order valence-electron chi connectivity index (χ4n) is 1.70. The van der Waals surface area contributed by atoms with E-state index in [0.29, 0.717) is 22.0 Å². The highest BCUT2D eigenvalue weighted by Crippen LogP contribution is 2.21. The first-order valence-corrected chi connectivity index (χ1v) is 6.72. The van der Waals surface area contributed by atoms with Gasteiger partial charge in [-0.1, -0.05) is 23.6 Å². The highest BCUT2D eigenvalue weighted by Gasteiger charge is 2.07. The van der Waals surface area contributed by atoms with E-state index in [2.05, 4.69) is 11.2 Å². The number of carbonyl (C=O) groups excluding carboxylic acids is 1. The summed E-state index contributed by atoms with van der Waals surface area (Å²) < 4.78 is 5.25. The lowest BCUT2D eigenvalue weighted by atomic mass is 10.2. The number of aryl methyl sites for hydroxylation is 1. The Balaban J connectivity index is 2.06. The van der Waals surface area contributed by atoms with Crippen LogP contribution in [0.2, 0.25) is 5.02 Å². The predicted octanol–water partition coefficient (Wildman–Crippen LogP) is 3.91. The monoisotopic (exact) mass is 299 g/mol. The fraction of sp³-hybridized carbons (Fsp3) is 0.118. The Morgan fingerprint density at radius 2 is 2.00 bits per heavy atom. The molecule has 1 amide bonds. The van der Waals surface area contributed by atoms with Gasteiger partial charge in [0.2, 0.25) is 0 Å². The van der Waals surface area contributed by atoms with Crippen LogP contribution in [0.15, 0.2) is 42.5 Å². The lowest BCUT2D eigenvalue weighted by molar-refractivity contribution is 0.102. The van der Waals surface area contributed by atoms with Crippen LogP contribution in [-0.4, -0.2) is 12.5 Å². The van der Waals surface area contributed by atoms with Gasteiger partial charge >= 0.3 is 0 Å². The molecule has 0 saturated heterocycles. The number of carbonyl (C=O) groups is 1. The van der Waals surface area contributed by atoms with Gasteiger partial charge in [0.15, 0.2) is 0 Å². The van der Waals surface area contributed by atoms with Crippen molar-refractivity contribution in [2.75, 3.05) is 11.9 Å². The number of hydrogen-bond acceptors (Lipinski definition) is 2. The summed E-state index contributed by atoms with van der Waals surface area (Å²) in [5.74, 6) is 2.80. The summed E-state index contributed by atoms with van der Waals surface area (Å²) in [6, 6.07) is 12.1. The van der Waals surface area contributed by atoms with Crippen LogP contribution in [0.3, 0.4) is 0 Å². The molecule has 0 saturated carbocycles. The normalized spacial score (nSPS) is 9.76. The number of hydrogen-bond donors (Lipinski definition) is 1. The lowest BCUT2D eigenvalue weighted by Gasteiger charge is -2.08. The van der Waals surface area contributed by atoms with Gasteiger partial charge in [-0.3, -0.25) is 4.79 Å². The minimum absolute atomic E-state index is 0.202. The molecule has 21 heavy (non-hydrogen) atoms. The van der Waals surface area contributed by atoms with Crippen LogP contribution in [-0.2, 0) is 0 Å². The molecule has 0 unspecified atom stereocenters. The SMILES string of the molecule is C#CCOc1ccc(C(=O)Nc2ccc(C)c(Cl)c2)cc1. The Kier molecular flexibility index (Phi) is 4.86. The average molecular weight is 300 g/mol. The van der Waals surface area contributed by atoms with E-state index in [1.165, 1.54) is 0 Å². The Hall–Kier alpha value is -2.44. The highest BCUT2D eigenvalue weighted by atomic mass is 35.5. The van der Waals surface area contributed by atoms with Crippen molar-refractivity contribution < 1.29 is 9.53 Å². The lowest BCUT2D eigenvalue weighted by Crippen LogP contribution is -2.11. The van der Waals surface area contributed by atoms with Crippen molar-refractivity contribution in [2.45, 2.75) is 6.92 Å². The molecular weight excluding hydrogens is 286 g/mol. The summed E-state index contributed by atoms with van der Waals surface area (Å²) in [6.45, 7) is 2.11. The standard InChI is InChI=1S/C17H14ClNO2/c1-3-10-21-15-8-5-13(6-9-15)17(20)19-14-7-4-12(2)16(18)11-14/h1,4-9,11H,10H2,2H3,(H,19,20). The molecule has 0 aliphatic rings. The van der Waals surface area contributed by atoms with Crippen molar-refractivity contribution in [2.24, 2.45) is 0 Å². The van der Waals surface area contributed by atoms with Crippen LogP contribution >= 0.6 is 11.6 Å². The van der Waals surface area contributed by atoms with Crippen LogP contribution in [0, 0.1) is 19.3 Å². The maximum absolute atomic E-state index is 12.1. The molecule has 0 aliphatic heterocycles. The van der Waals surface area contributed by atoms with E-state index in [0.717, 1.165) is 5.56 Å². The third-order valence-corrected chi connectivity index (χ3v) is 3.28. The van der Waals surface area contributed by atoms with Crippen LogP contribution in [0.4, 0.5) is 5.69 Å². The van der Waals surface area contributed by atoms with E-state index in [1.54, 1.807) is 30.3 Å². The number of rotatable bonds is 4. The molecular formula is C17H14ClNO2. The molecule has 0 fully saturated rings. The molecule has 3 nitrogen and oxygen atoms in total. The molecule has 1 N–H and O–H groups in total. The molecule has 2 aromatic carbocycles. The largest absolute Gasteiger partial charge is 0.481 e. The summed E-state index contributed by atoms with van der Waals surface area (Å²) in [5.41, 5.74) is 2.15. The minimum Gasteiger partial charge on any atom is -0.481 e. The van der Waals surface area contributed by atoms with Crippen molar-refractivity contribution >= 4 is 23.2 Å². The molecule has 0 aliphatic carbocycles. The van der Waals surface area contributed by atoms with Crippen molar-refractivity contribution in [3.8, 4) is 18.1 Å². The Morgan fingerprint density at radius 3 is 2.62 bits per heavy atom. The molecule has 2 rings (SSSR count). The number of anilines is 1. The molecule has 0 spiro atoms. The Labute approximate surface area is 128 Å². The summed E-state index contributed by atoms with van der Waals surface area (Å²) in [4.78, 5) is 12.1. The zero-order chi connectivity index (χ0) is 15.2. The molecule has 0 aromatic heterocycles. The van der Waals surface area contributed by atoms with Gasteiger partial charge in [-0.15, -0.1) is 6.42 Å². The zero-order valence-corrected chi connectivity index (χ0v) is 12.3. The fourth-order valence-corrected chi connectivity index (χ4v) is 1.88. The second-order valence-corrected chi connectivity index (χ2v) is 4.84. The van der Waals surface area contributed by atoms with E-state index in [1.807, 2.05) is 19.1 Å². The van der Waals surface area contributed by atoms with E-state index >= 15 is 0 Å². The Bertz CT molecular complexity index is 687. The van der Waals surface area contributed by atoms with Crippen LogP contribution in [0.25, 0.3) is 0 Å². The first kappa shape index (κ1) is 15.0. The number of nitrogens with one attached hydrogen (secondary N) is 1. The van der Waals surface area contributed by atoms with E-state index < -0.39 is 0 Å². The second-order valence-electron chi connectivity index (χ2n) is 4.44. The molecule has 106 valence electrons. The maximum atomic E-state index is 12.1. The minimum atomic E-state index is -0.210. The van der Waals surface area contributed by atoms with Crippen LogP contribution < -0.4 is 10.1 Å². The number of amides is 1. The smallest absolute Gasteiger partial charge is 0.255 e. The summed E-state index contributed by atoms with van der Waals surface area (Å²) in [6.07, 6.45) is 5.11. The number of halogens is 1. The van der Waals surface area contributed by atoms with Gasteiger partial charge in [0.05, 0.1) is 0 Å². The Morgan fingerprint density at radius 1 is 1.29 bits per heavy atom. The molecule has 4 heteroatoms. The summed E-state index contributed by atoms with van der Waals surface area (Å²) in [7, 11) is 0. The number of benzene rings is 2. The third-order valence-electron chi connectivity index (χ3n) is 2.87. The predicted molar refractivity (Wildman–Crippen MR) is 84.9 cm³/mol. The topological polar surface area (TPSA) is 38.3 Å². The zero-order valence-electron chi connectivity index (χ0n) is 11.5. The van der Waals surface area contributed by atoms with Gasteiger partial charge in [0, 0.05) is 16.3 Å². The van der Waals surface area contributed by atoms with Crippen LogP contribution in [0.1, 0.15) is 15.9 Å². The van der Waals surface area contributed by atoms with Gasteiger partial charge in [0.25, 0.3) is 5.91 Å². The van der Waals surface area contributed by atoms with Crippen molar-refractivity contribution in [3.05, 3.63) is 58.6 Å². The first-order chi connectivity index (χ1) is 10.1. The average Bonchev–Trinajstić information content (AvgIpc) is 2.49. The third kappa shape index (κ3) is 4.01. The van der Waals surface area contributed by atoms with E-state index in [-0.39, 0.29) is 12.5 Å². The quantitative estimate of drug-likeness (QED) is 0.869. The summed E-state index contributed by atoms with van der Waals surface area (Å²) in [5, 5.41) is 3.41. The molecule has 0 radical (unpaired) electrons. The van der Waals surface area contributed by atoms with Gasteiger partial charge in [-0.2, -0.15) is 0 Å². The molecule has 0 atom stereocenters. The molecule has 0 bridgehead atoms. The van der Waals surface area contributed by atoms with Crippen LogP contribution in [0.5, 0.6) is 5.75 Å². The first-order valence-electron chi connectivity index (χ1n) is 6.34. The van der Waals surface area contributed by atoms with Gasteiger partial charge in [0.1, 0.15) is 12.4 Å². The second kappa shape index (κ2) is 6.83. The van der Waals surface area contributed by atoms with Gasteiger partial charge < -0.3 is 10.1 Å². The maximum Gasteiger partial charge on any atom is 0.255 e. The number of ether oxygens (including phenoxy) is 1. The van der Waals surface area contributed by atoms with Crippen molar-refractivity contribution in [3.63, 3.8) is 0 Å². The van der Waals surface area contributed by atoms with Crippen molar-refractivity contribution in [1.29, 1.82) is 0 Å². The van der Waals surface area contributed by atoms with Crippen molar-refractivity contribution in [1.82, 2.24) is 0 Å².